The van der Waals surface area contributed by atoms with Gasteiger partial charge in [0.15, 0.2) is 0 Å². The van der Waals surface area contributed by atoms with Crippen molar-refractivity contribution in [1.29, 1.82) is 0 Å². The predicted octanol–water partition coefficient (Wildman–Crippen LogP) is 2.06. The van der Waals surface area contributed by atoms with Crippen LogP contribution in [0.5, 0.6) is 0 Å². The third-order valence-electron chi connectivity index (χ3n) is 2.81. The lowest BCUT2D eigenvalue weighted by molar-refractivity contribution is -0.155. The third-order valence-corrected chi connectivity index (χ3v) is 2.81. The number of hydrogen-bond donors (Lipinski definition) is 2. The Balaban J connectivity index is 3.52. The largest absolute Gasteiger partial charge is 0.480 e. The van der Waals surface area contributed by atoms with Crippen molar-refractivity contribution in [3.8, 4) is 0 Å². The molecule has 0 saturated heterocycles. The maximum absolute atomic E-state index is 11.4. The Morgan fingerprint density at radius 3 is 2.00 bits per heavy atom. The molecule has 2 N–H and O–H groups in total. The van der Waals surface area contributed by atoms with Crippen molar-refractivity contribution in [3.05, 3.63) is 48.0 Å². The molecule has 0 heterocycles. The van der Waals surface area contributed by atoms with Gasteiger partial charge in [-0.1, -0.05) is 43.8 Å². The van der Waals surface area contributed by atoms with Crippen molar-refractivity contribution in [2.75, 3.05) is 0 Å². The Morgan fingerprint density at radius 2 is 1.65 bits per heavy atom. The van der Waals surface area contributed by atoms with E-state index in [4.69, 9.17) is 0 Å². The van der Waals surface area contributed by atoms with E-state index < -0.39 is 17.4 Å². The molecule has 1 aromatic carbocycles. The van der Waals surface area contributed by atoms with Crippen molar-refractivity contribution in [1.82, 2.24) is 0 Å². The van der Waals surface area contributed by atoms with Gasteiger partial charge in [0, 0.05) is 0 Å². The lowest BCUT2D eigenvalue weighted by Gasteiger charge is -2.27. The second-order valence-corrected chi connectivity index (χ2v) is 3.68. The Hall–Kier alpha value is -2.10. The molecular weight excluding hydrogens is 220 g/mol. The predicted molar refractivity (Wildman–Crippen MR) is 62.8 cm³/mol. The number of aliphatic carboxylic acids is 2. The summed E-state index contributed by atoms with van der Waals surface area (Å²) in [6.07, 6.45) is 0.285. The van der Waals surface area contributed by atoms with Gasteiger partial charge in [-0.05, 0) is 17.6 Å². The highest BCUT2D eigenvalue weighted by molar-refractivity contribution is 6.08. The average Bonchev–Trinajstić information content (AvgIpc) is 2.30. The first kappa shape index (κ1) is 13.0. The summed E-state index contributed by atoms with van der Waals surface area (Å²) >= 11 is 0. The molecule has 0 aromatic heterocycles. The first-order valence-corrected chi connectivity index (χ1v) is 5.18. The Kier molecular flexibility index (Phi) is 3.68. The van der Waals surface area contributed by atoms with E-state index in [9.17, 15) is 19.8 Å². The molecule has 0 radical (unpaired) electrons. The minimum Gasteiger partial charge on any atom is -0.480 e. The van der Waals surface area contributed by atoms with Crippen LogP contribution in [0.1, 0.15) is 18.9 Å². The summed E-state index contributed by atoms with van der Waals surface area (Å²) in [5.41, 5.74) is -1.69. The van der Waals surface area contributed by atoms with Crippen LogP contribution in [0, 0.1) is 0 Å². The first-order chi connectivity index (χ1) is 7.97. The average molecular weight is 234 g/mol. The standard InChI is InChI=1S/C13H14O4/c1-3-9(2)13(11(14)15,12(16)17)10-7-5-4-6-8-10/h4-8H,2-3H2,1H3,(H,14,15)(H,16,17). The molecule has 0 amide bonds. The van der Waals surface area contributed by atoms with Crippen LogP contribution < -0.4 is 0 Å². The van der Waals surface area contributed by atoms with Gasteiger partial charge >= 0.3 is 11.9 Å². The van der Waals surface area contributed by atoms with Gasteiger partial charge in [-0.25, -0.2) is 0 Å². The molecule has 0 bridgehead atoms. The quantitative estimate of drug-likeness (QED) is 0.604. The molecule has 0 aliphatic rings. The zero-order valence-electron chi connectivity index (χ0n) is 9.51. The van der Waals surface area contributed by atoms with Crippen LogP contribution in [0.4, 0.5) is 0 Å². The van der Waals surface area contributed by atoms with E-state index in [0.717, 1.165) is 0 Å². The molecule has 1 aromatic rings. The van der Waals surface area contributed by atoms with Crippen molar-refractivity contribution < 1.29 is 19.8 Å². The van der Waals surface area contributed by atoms with E-state index in [1.165, 1.54) is 12.1 Å². The number of carboxylic acid groups (broad SMARTS) is 2. The van der Waals surface area contributed by atoms with Crippen LogP contribution in [-0.4, -0.2) is 22.2 Å². The molecule has 4 heteroatoms. The van der Waals surface area contributed by atoms with Crippen molar-refractivity contribution in [3.63, 3.8) is 0 Å². The van der Waals surface area contributed by atoms with E-state index in [1.807, 2.05) is 0 Å². The van der Waals surface area contributed by atoms with Gasteiger partial charge in [-0.3, -0.25) is 9.59 Å². The molecule has 0 spiro atoms. The van der Waals surface area contributed by atoms with Gasteiger partial charge in [0.1, 0.15) is 0 Å². The Morgan fingerprint density at radius 1 is 1.18 bits per heavy atom. The van der Waals surface area contributed by atoms with Crippen molar-refractivity contribution >= 4 is 11.9 Å². The molecular formula is C13H14O4. The molecule has 4 nitrogen and oxygen atoms in total. The highest BCUT2D eigenvalue weighted by Crippen LogP contribution is 2.34. The van der Waals surface area contributed by atoms with Crippen molar-refractivity contribution in [2.45, 2.75) is 18.8 Å². The summed E-state index contributed by atoms with van der Waals surface area (Å²) in [6.45, 7) is 5.29. The number of hydrogen-bond acceptors (Lipinski definition) is 2. The highest BCUT2D eigenvalue weighted by Gasteiger charge is 2.50. The second-order valence-electron chi connectivity index (χ2n) is 3.68. The fourth-order valence-electron chi connectivity index (χ4n) is 1.80. The van der Waals surface area contributed by atoms with Gasteiger partial charge in [0.25, 0.3) is 0 Å². The first-order valence-electron chi connectivity index (χ1n) is 5.18. The molecule has 90 valence electrons. The minimum atomic E-state index is -2.06. The fraction of sp³-hybridized carbons (Fsp3) is 0.231. The molecule has 0 fully saturated rings. The molecule has 0 aliphatic carbocycles. The maximum Gasteiger partial charge on any atom is 0.329 e. The second kappa shape index (κ2) is 4.82. The van der Waals surface area contributed by atoms with Crippen LogP contribution in [0.15, 0.2) is 42.5 Å². The summed E-state index contributed by atoms with van der Waals surface area (Å²) in [5, 5.41) is 18.6. The third kappa shape index (κ3) is 1.93. The number of benzene rings is 1. The molecule has 0 atom stereocenters. The van der Waals surface area contributed by atoms with Crippen LogP contribution in [0.3, 0.4) is 0 Å². The molecule has 0 saturated carbocycles. The van der Waals surface area contributed by atoms with E-state index in [1.54, 1.807) is 25.1 Å². The fourth-order valence-corrected chi connectivity index (χ4v) is 1.80. The summed E-state index contributed by atoms with van der Waals surface area (Å²) in [5.74, 6) is -2.83. The minimum absolute atomic E-state index is 0.156. The molecule has 17 heavy (non-hydrogen) atoms. The van der Waals surface area contributed by atoms with Gasteiger partial charge in [-0.15, -0.1) is 0 Å². The summed E-state index contributed by atoms with van der Waals surface area (Å²) in [6, 6.07) is 7.90. The highest BCUT2D eigenvalue weighted by atomic mass is 16.4. The molecule has 0 aliphatic heterocycles. The summed E-state index contributed by atoms with van der Waals surface area (Å²) in [4.78, 5) is 22.8. The van der Waals surface area contributed by atoms with Crippen LogP contribution in [0.2, 0.25) is 0 Å². The lowest BCUT2D eigenvalue weighted by atomic mass is 9.73. The number of carbonyl (C=O) groups is 2. The van der Waals surface area contributed by atoms with Gasteiger partial charge in [-0.2, -0.15) is 0 Å². The van der Waals surface area contributed by atoms with Crippen molar-refractivity contribution in [2.24, 2.45) is 0 Å². The topological polar surface area (TPSA) is 74.6 Å². The van der Waals surface area contributed by atoms with Crippen LogP contribution in [-0.2, 0) is 15.0 Å². The van der Waals surface area contributed by atoms with Crippen LogP contribution >= 0.6 is 0 Å². The summed E-state index contributed by atoms with van der Waals surface area (Å²) in [7, 11) is 0. The number of rotatable bonds is 5. The van der Waals surface area contributed by atoms with Gasteiger partial charge in [0.2, 0.25) is 5.41 Å². The zero-order valence-corrected chi connectivity index (χ0v) is 9.51. The van der Waals surface area contributed by atoms with E-state index in [2.05, 4.69) is 6.58 Å². The maximum atomic E-state index is 11.4. The SMILES string of the molecule is C=C(CC)C(C(=O)O)(C(=O)O)c1ccccc1. The van der Waals surface area contributed by atoms with E-state index >= 15 is 0 Å². The van der Waals surface area contributed by atoms with E-state index in [0.29, 0.717) is 0 Å². The monoisotopic (exact) mass is 234 g/mol. The Bertz CT molecular complexity index is 434. The van der Waals surface area contributed by atoms with E-state index in [-0.39, 0.29) is 17.6 Å². The smallest absolute Gasteiger partial charge is 0.329 e. The number of carboxylic acids is 2. The van der Waals surface area contributed by atoms with Gasteiger partial charge < -0.3 is 10.2 Å². The molecule has 0 unspecified atom stereocenters. The molecule has 1 rings (SSSR count). The Labute approximate surface area is 99.2 Å². The lowest BCUT2D eigenvalue weighted by Crippen LogP contribution is -2.45. The van der Waals surface area contributed by atoms with Crippen LogP contribution in [0.25, 0.3) is 0 Å². The van der Waals surface area contributed by atoms with Gasteiger partial charge in [0.05, 0.1) is 0 Å². The summed E-state index contributed by atoms with van der Waals surface area (Å²) < 4.78 is 0. The normalized spacial score (nSPS) is 10.9. The zero-order chi connectivity index (χ0) is 13.1.